The molecule has 1 amide bonds. The van der Waals surface area contributed by atoms with Crippen molar-refractivity contribution < 1.29 is 18.3 Å². The van der Waals surface area contributed by atoms with Crippen molar-refractivity contribution in [2.75, 3.05) is 11.0 Å². The fourth-order valence-electron chi connectivity index (χ4n) is 2.20. The monoisotopic (exact) mass is 320 g/mol. The molecule has 2 aromatic carbocycles. The third-order valence-corrected chi connectivity index (χ3v) is 3.75. The molecule has 0 aliphatic carbocycles. The molecule has 0 fully saturated rings. The maximum atomic E-state index is 11.9. The largest absolute Gasteiger partial charge is 0.372 e. The first-order valence-electron chi connectivity index (χ1n) is 6.40. The van der Waals surface area contributed by atoms with Crippen LogP contribution < -0.4 is 10.5 Å². The molecule has 0 heterocycles. The average Bonchev–Trinajstić information content (AvgIpc) is 2.46. The zero-order valence-corrected chi connectivity index (χ0v) is 12.7. The summed E-state index contributed by atoms with van der Waals surface area (Å²) < 4.78 is 25.2. The van der Waals surface area contributed by atoms with Crippen molar-refractivity contribution >= 4 is 21.6 Å². The lowest BCUT2D eigenvalue weighted by Crippen LogP contribution is -2.42. The van der Waals surface area contributed by atoms with Crippen molar-refractivity contribution in [3.8, 4) is 0 Å². The molecule has 2 rings (SSSR count). The summed E-state index contributed by atoms with van der Waals surface area (Å²) >= 11 is 0. The third kappa shape index (κ3) is 3.10. The summed E-state index contributed by atoms with van der Waals surface area (Å²) in [5.41, 5.74) is 3.67. The molecule has 0 aliphatic heterocycles. The number of aliphatic hydroxyl groups is 1. The number of para-hydroxylation sites is 1. The van der Waals surface area contributed by atoms with Gasteiger partial charge in [-0.1, -0.05) is 48.5 Å². The van der Waals surface area contributed by atoms with E-state index in [9.17, 15) is 18.3 Å². The lowest BCUT2D eigenvalue weighted by molar-refractivity contribution is -0.133. The van der Waals surface area contributed by atoms with Crippen molar-refractivity contribution in [3.63, 3.8) is 0 Å². The number of hydrogen-bond acceptors (Lipinski definition) is 4. The quantitative estimate of drug-likeness (QED) is 0.756. The van der Waals surface area contributed by atoms with Gasteiger partial charge in [0.25, 0.3) is 5.91 Å². The number of nitrogens with one attached hydrogen (secondary N) is 1. The second-order valence-corrected chi connectivity index (χ2v) is 6.61. The minimum Gasteiger partial charge on any atom is -0.372 e. The van der Waals surface area contributed by atoms with Gasteiger partial charge in [0.15, 0.2) is 5.60 Å². The number of anilines is 1. The van der Waals surface area contributed by atoms with Crippen LogP contribution >= 0.6 is 0 Å². The summed E-state index contributed by atoms with van der Waals surface area (Å²) in [5.74, 6) is -0.999. The first-order valence-corrected chi connectivity index (χ1v) is 8.29. The minimum absolute atomic E-state index is 0.0686. The van der Waals surface area contributed by atoms with E-state index >= 15 is 0 Å². The van der Waals surface area contributed by atoms with Gasteiger partial charge >= 0.3 is 0 Å². The molecule has 0 saturated carbocycles. The zero-order chi connectivity index (χ0) is 16.4. The molecule has 0 aliphatic rings. The Hall–Kier alpha value is -2.38. The lowest BCUT2D eigenvalue weighted by atomic mass is 9.85. The third-order valence-electron chi connectivity index (χ3n) is 3.16. The fraction of sp³-hybridized carbons (Fsp3) is 0.133. The molecule has 0 spiro atoms. The van der Waals surface area contributed by atoms with Crippen LogP contribution in [-0.4, -0.2) is 25.7 Å². The van der Waals surface area contributed by atoms with Crippen LogP contribution in [0.2, 0.25) is 0 Å². The molecule has 0 radical (unpaired) electrons. The second kappa shape index (κ2) is 5.78. The molecule has 7 heteroatoms. The SMILES string of the molecule is CS(=O)(=O)Nc1ccccc1C(O)(C(N)=O)c1ccccc1. The van der Waals surface area contributed by atoms with E-state index in [0.29, 0.717) is 0 Å². The highest BCUT2D eigenvalue weighted by Gasteiger charge is 2.40. The molecule has 4 N–H and O–H groups in total. The van der Waals surface area contributed by atoms with Crippen LogP contribution in [0, 0.1) is 0 Å². The zero-order valence-electron chi connectivity index (χ0n) is 11.9. The Labute approximate surface area is 128 Å². The summed E-state index contributed by atoms with van der Waals surface area (Å²) in [4.78, 5) is 11.9. The van der Waals surface area contributed by atoms with Crippen LogP contribution in [0.4, 0.5) is 5.69 Å². The molecule has 1 atom stereocenters. The van der Waals surface area contributed by atoms with Crippen LogP contribution in [0.5, 0.6) is 0 Å². The van der Waals surface area contributed by atoms with E-state index in [-0.39, 0.29) is 16.8 Å². The number of hydrogen-bond donors (Lipinski definition) is 3. The predicted molar refractivity (Wildman–Crippen MR) is 83.5 cm³/mol. The van der Waals surface area contributed by atoms with E-state index in [0.717, 1.165) is 6.26 Å². The van der Waals surface area contributed by atoms with Gasteiger partial charge in [-0.25, -0.2) is 8.42 Å². The van der Waals surface area contributed by atoms with Crippen LogP contribution in [0.1, 0.15) is 11.1 Å². The maximum Gasteiger partial charge on any atom is 0.258 e. The Balaban J connectivity index is 2.68. The van der Waals surface area contributed by atoms with Gasteiger partial charge in [-0.15, -0.1) is 0 Å². The van der Waals surface area contributed by atoms with E-state index in [1.54, 1.807) is 42.5 Å². The molecular formula is C15H16N2O4S. The van der Waals surface area contributed by atoms with E-state index in [2.05, 4.69) is 4.72 Å². The second-order valence-electron chi connectivity index (χ2n) is 4.86. The highest BCUT2D eigenvalue weighted by atomic mass is 32.2. The Kier molecular flexibility index (Phi) is 4.20. The molecule has 0 bridgehead atoms. The molecule has 0 aromatic heterocycles. The molecule has 6 nitrogen and oxygen atoms in total. The number of benzene rings is 2. The van der Waals surface area contributed by atoms with Gasteiger partial charge in [-0.3, -0.25) is 9.52 Å². The topological polar surface area (TPSA) is 109 Å². The van der Waals surface area contributed by atoms with Crippen LogP contribution in [0.15, 0.2) is 54.6 Å². The number of carbonyl (C=O) groups is 1. The van der Waals surface area contributed by atoms with Crippen molar-refractivity contribution in [1.29, 1.82) is 0 Å². The Morgan fingerprint density at radius 2 is 1.64 bits per heavy atom. The van der Waals surface area contributed by atoms with Crippen molar-refractivity contribution in [2.45, 2.75) is 5.60 Å². The first-order chi connectivity index (χ1) is 10.2. The average molecular weight is 320 g/mol. The summed E-state index contributed by atoms with van der Waals surface area (Å²) in [5, 5.41) is 10.9. The van der Waals surface area contributed by atoms with Gasteiger partial charge < -0.3 is 10.8 Å². The lowest BCUT2D eigenvalue weighted by Gasteiger charge is -2.27. The fourth-order valence-corrected chi connectivity index (χ4v) is 2.77. The predicted octanol–water partition coefficient (Wildman–Crippen LogP) is 0.779. The number of nitrogens with two attached hydrogens (primary N) is 1. The number of amides is 1. The Morgan fingerprint density at radius 3 is 2.18 bits per heavy atom. The van der Waals surface area contributed by atoms with Gasteiger partial charge in [0.2, 0.25) is 10.0 Å². The summed E-state index contributed by atoms with van der Waals surface area (Å²) in [7, 11) is -3.58. The summed E-state index contributed by atoms with van der Waals surface area (Å²) in [6.07, 6.45) is 0.982. The van der Waals surface area contributed by atoms with Gasteiger partial charge in [-0.05, 0) is 11.6 Å². The molecule has 116 valence electrons. The highest BCUT2D eigenvalue weighted by molar-refractivity contribution is 7.92. The Morgan fingerprint density at radius 1 is 1.09 bits per heavy atom. The van der Waals surface area contributed by atoms with E-state index < -0.39 is 21.5 Å². The maximum absolute atomic E-state index is 11.9. The van der Waals surface area contributed by atoms with Gasteiger partial charge in [-0.2, -0.15) is 0 Å². The smallest absolute Gasteiger partial charge is 0.258 e. The Bertz CT molecular complexity index is 790. The summed E-state index contributed by atoms with van der Waals surface area (Å²) in [6, 6.07) is 14.2. The molecule has 22 heavy (non-hydrogen) atoms. The normalized spacial score (nSPS) is 14.1. The van der Waals surface area contributed by atoms with Crippen LogP contribution in [-0.2, 0) is 20.4 Å². The van der Waals surface area contributed by atoms with Crippen molar-refractivity contribution in [3.05, 3.63) is 65.7 Å². The molecular weight excluding hydrogens is 304 g/mol. The van der Waals surface area contributed by atoms with Crippen LogP contribution in [0.25, 0.3) is 0 Å². The van der Waals surface area contributed by atoms with E-state index in [4.69, 9.17) is 5.73 Å². The number of sulfonamides is 1. The first kappa shape index (κ1) is 16.0. The van der Waals surface area contributed by atoms with Crippen molar-refractivity contribution in [2.24, 2.45) is 5.73 Å². The van der Waals surface area contributed by atoms with Crippen molar-refractivity contribution in [1.82, 2.24) is 0 Å². The van der Waals surface area contributed by atoms with E-state index in [1.165, 1.54) is 12.1 Å². The van der Waals surface area contributed by atoms with Gasteiger partial charge in [0.05, 0.1) is 11.9 Å². The summed E-state index contributed by atoms with van der Waals surface area (Å²) in [6.45, 7) is 0. The number of carbonyl (C=O) groups excluding carboxylic acids is 1. The van der Waals surface area contributed by atoms with Gasteiger partial charge in [0.1, 0.15) is 0 Å². The number of primary amides is 1. The molecule has 1 unspecified atom stereocenters. The van der Waals surface area contributed by atoms with Gasteiger partial charge in [0, 0.05) is 5.56 Å². The standard InChI is InChI=1S/C15H16N2O4S/c1-22(20,21)17-13-10-6-5-9-12(13)15(19,14(16)18)11-7-3-2-4-8-11/h2-10,17,19H,1H3,(H2,16,18). The minimum atomic E-state index is -3.58. The highest BCUT2D eigenvalue weighted by Crippen LogP contribution is 2.34. The van der Waals surface area contributed by atoms with E-state index in [1.807, 2.05) is 0 Å². The molecule has 2 aromatic rings. The number of rotatable bonds is 5. The molecule has 0 saturated heterocycles. The van der Waals surface area contributed by atoms with Crippen LogP contribution in [0.3, 0.4) is 0 Å².